The topological polar surface area (TPSA) is 41.6 Å². The molecule has 2 aromatic carbocycles. The average Bonchev–Trinajstić information content (AvgIpc) is 3.28. The van der Waals surface area contributed by atoms with Crippen LogP contribution in [0.3, 0.4) is 0 Å². The smallest absolute Gasteiger partial charge is 0.213 e. The molecule has 0 aromatic heterocycles. The molecule has 1 aliphatic heterocycles. The fourth-order valence-corrected chi connectivity index (χ4v) is 5.17. The van der Waals surface area contributed by atoms with Crippen molar-refractivity contribution in [1.29, 1.82) is 0 Å². The highest BCUT2D eigenvalue weighted by molar-refractivity contribution is 6.25. The molecule has 0 radical (unpaired) electrons. The van der Waals surface area contributed by atoms with Gasteiger partial charge in [-0.25, -0.2) is 0 Å². The van der Waals surface area contributed by atoms with Gasteiger partial charge in [-0.1, -0.05) is 121 Å². The highest BCUT2D eigenvalue weighted by Gasteiger charge is 2.36. The number of unbranched alkanes of at least 4 members (excludes halogenated alkanes) is 10. The van der Waals surface area contributed by atoms with E-state index in [1.54, 1.807) is 0 Å². The molecule has 4 heteroatoms. The van der Waals surface area contributed by atoms with Crippen molar-refractivity contribution in [3.8, 4) is 0 Å². The van der Waals surface area contributed by atoms with Crippen LogP contribution >= 0.6 is 0 Å². The third-order valence-electron chi connectivity index (χ3n) is 7.34. The molecule has 3 rings (SSSR count). The molecule has 1 heterocycles. The number of carbonyl (C=O) groups is 1. The van der Waals surface area contributed by atoms with Crippen LogP contribution in [0.25, 0.3) is 5.57 Å². The van der Waals surface area contributed by atoms with E-state index in [9.17, 15) is 4.79 Å². The first kappa shape index (κ1) is 28.8. The first-order valence-electron chi connectivity index (χ1n) is 14.7. The fraction of sp³-hybridized carbons (Fsp3) is 0.545. The molecular formula is C33H48N2O2. The van der Waals surface area contributed by atoms with Gasteiger partial charge in [0, 0.05) is 31.4 Å². The highest BCUT2D eigenvalue weighted by atomic mass is 16.5. The molecular weight excluding hydrogens is 456 g/mol. The summed E-state index contributed by atoms with van der Waals surface area (Å²) >= 11 is 0. The third kappa shape index (κ3) is 8.66. The average molecular weight is 505 g/mol. The maximum absolute atomic E-state index is 13.5. The quantitative estimate of drug-likeness (QED) is 0.207. The maximum Gasteiger partial charge on any atom is 0.213 e. The van der Waals surface area contributed by atoms with E-state index < -0.39 is 6.10 Å². The fourth-order valence-electron chi connectivity index (χ4n) is 5.17. The number of hydrogen-bond acceptors (Lipinski definition) is 4. The van der Waals surface area contributed by atoms with Crippen molar-refractivity contribution in [3.63, 3.8) is 0 Å². The lowest BCUT2D eigenvalue weighted by molar-refractivity contribution is -0.120. The van der Waals surface area contributed by atoms with Gasteiger partial charge < -0.3 is 15.0 Å². The van der Waals surface area contributed by atoms with E-state index in [4.69, 9.17) is 4.74 Å². The van der Waals surface area contributed by atoms with Crippen molar-refractivity contribution in [2.75, 3.05) is 25.0 Å². The number of ketones is 1. The Morgan fingerprint density at radius 1 is 0.757 bits per heavy atom. The number of carbonyl (C=O) groups excluding carboxylic acids is 1. The Labute approximate surface area is 225 Å². The monoisotopic (exact) mass is 504 g/mol. The Morgan fingerprint density at radius 3 is 1.95 bits per heavy atom. The van der Waals surface area contributed by atoms with Crippen LogP contribution in [-0.4, -0.2) is 25.9 Å². The van der Waals surface area contributed by atoms with Crippen molar-refractivity contribution in [2.45, 2.75) is 97.0 Å². The number of nitrogens with one attached hydrogen (secondary N) is 1. The number of hydrogen-bond donors (Lipinski definition) is 1. The van der Waals surface area contributed by atoms with Gasteiger partial charge >= 0.3 is 0 Å². The van der Waals surface area contributed by atoms with E-state index in [1.165, 1.54) is 82.7 Å². The first-order valence-corrected chi connectivity index (χ1v) is 14.7. The van der Waals surface area contributed by atoms with Crippen molar-refractivity contribution < 1.29 is 9.53 Å². The Bertz CT molecular complexity index is 953. The van der Waals surface area contributed by atoms with Gasteiger partial charge in [0.15, 0.2) is 12.0 Å². The molecule has 0 spiro atoms. The number of benzene rings is 2. The molecule has 1 atom stereocenters. The van der Waals surface area contributed by atoms with Crippen molar-refractivity contribution in [2.24, 2.45) is 0 Å². The van der Waals surface area contributed by atoms with Crippen molar-refractivity contribution >= 4 is 17.0 Å². The molecule has 37 heavy (non-hydrogen) atoms. The predicted molar refractivity (Wildman–Crippen MR) is 157 cm³/mol. The number of nitrogens with zero attached hydrogens (tertiary/aromatic N) is 1. The molecule has 0 saturated heterocycles. The largest absolute Gasteiger partial charge is 0.462 e. The molecule has 0 fully saturated rings. The summed E-state index contributed by atoms with van der Waals surface area (Å²) in [6, 6.07) is 18.3. The summed E-state index contributed by atoms with van der Waals surface area (Å²) in [5.74, 6) is 0.584. The Morgan fingerprint density at radius 2 is 1.35 bits per heavy atom. The Balaban J connectivity index is 1.73. The van der Waals surface area contributed by atoms with Gasteiger partial charge in [-0.15, -0.1) is 0 Å². The molecule has 0 saturated carbocycles. The van der Waals surface area contributed by atoms with Crippen LogP contribution in [0.4, 0.5) is 5.69 Å². The van der Waals surface area contributed by atoms with Crippen LogP contribution in [-0.2, 0) is 9.53 Å². The van der Waals surface area contributed by atoms with Crippen molar-refractivity contribution in [3.05, 3.63) is 71.6 Å². The van der Waals surface area contributed by atoms with Crippen LogP contribution in [0.2, 0.25) is 0 Å². The standard InChI is InChI=1S/C33H48N2O2/c1-4-6-8-10-12-17-24-35(25-18-13-11-9-7-5-2)29-23-19-22-28(26-29)30-31(36)32(37-33(30)34-3)27-20-15-14-16-21-27/h14-16,19-23,26,32,34H,4-13,17-18,24-25H2,1-3H3. The van der Waals surface area contributed by atoms with Gasteiger partial charge in [0.05, 0.1) is 5.57 Å². The third-order valence-corrected chi connectivity index (χ3v) is 7.34. The minimum absolute atomic E-state index is 0.0195. The Kier molecular flexibility index (Phi) is 12.6. The number of ether oxygens (including phenoxy) is 1. The van der Waals surface area contributed by atoms with Gasteiger partial charge in [-0.05, 0) is 30.5 Å². The van der Waals surface area contributed by atoms with Gasteiger partial charge in [-0.3, -0.25) is 4.79 Å². The second kappa shape index (κ2) is 16.2. The lowest BCUT2D eigenvalue weighted by Crippen LogP contribution is -2.26. The molecule has 1 aliphatic rings. The lowest BCUT2D eigenvalue weighted by atomic mass is 9.96. The molecule has 4 nitrogen and oxygen atoms in total. The van der Waals surface area contributed by atoms with Crippen LogP contribution in [0.15, 0.2) is 60.5 Å². The molecule has 1 N–H and O–H groups in total. The molecule has 0 amide bonds. The zero-order valence-corrected chi connectivity index (χ0v) is 23.4. The predicted octanol–water partition coefficient (Wildman–Crippen LogP) is 8.44. The van der Waals surface area contributed by atoms with Gasteiger partial charge in [-0.2, -0.15) is 0 Å². The van der Waals surface area contributed by atoms with E-state index in [0.717, 1.165) is 24.2 Å². The minimum atomic E-state index is -0.593. The molecule has 0 aliphatic carbocycles. The molecule has 1 unspecified atom stereocenters. The second-order valence-electron chi connectivity index (χ2n) is 10.3. The van der Waals surface area contributed by atoms with E-state index in [-0.39, 0.29) is 5.78 Å². The summed E-state index contributed by atoms with van der Waals surface area (Å²) in [4.78, 5) is 16.1. The van der Waals surface area contributed by atoms with E-state index in [0.29, 0.717) is 11.5 Å². The number of rotatable bonds is 18. The zero-order valence-electron chi connectivity index (χ0n) is 23.4. The van der Waals surface area contributed by atoms with Gasteiger partial charge in [0.25, 0.3) is 0 Å². The van der Waals surface area contributed by atoms with E-state index >= 15 is 0 Å². The number of Topliss-reactive ketones (excluding diaryl/α,β-unsaturated/α-hetero) is 1. The maximum atomic E-state index is 13.5. The van der Waals surface area contributed by atoms with Crippen LogP contribution < -0.4 is 10.2 Å². The first-order chi connectivity index (χ1) is 18.2. The second-order valence-corrected chi connectivity index (χ2v) is 10.3. The summed E-state index contributed by atoms with van der Waals surface area (Å²) in [6.45, 7) is 6.68. The molecule has 2 aromatic rings. The normalized spacial score (nSPS) is 15.2. The summed E-state index contributed by atoms with van der Waals surface area (Å²) < 4.78 is 6.10. The van der Waals surface area contributed by atoms with Crippen molar-refractivity contribution in [1.82, 2.24) is 5.32 Å². The van der Waals surface area contributed by atoms with E-state index in [2.05, 4.69) is 42.3 Å². The summed E-state index contributed by atoms with van der Waals surface area (Å²) in [6.07, 6.45) is 15.0. The zero-order chi connectivity index (χ0) is 26.3. The minimum Gasteiger partial charge on any atom is -0.462 e. The van der Waals surface area contributed by atoms with E-state index in [1.807, 2.05) is 43.4 Å². The number of anilines is 1. The van der Waals surface area contributed by atoms with Gasteiger partial charge in [0.2, 0.25) is 5.78 Å². The summed E-state index contributed by atoms with van der Waals surface area (Å²) in [7, 11) is 1.82. The molecule has 202 valence electrons. The summed E-state index contributed by atoms with van der Waals surface area (Å²) in [5.41, 5.74) is 3.68. The summed E-state index contributed by atoms with van der Waals surface area (Å²) in [5, 5.41) is 3.13. The highest BCUT2D eigenvalue weighted by Crippen LogP contribution is 2.37. The van der Waals surface area contributed by atoms with Gasteiger partial charge in [0.1, 0.15) is 0 Å². The lowest BCUT2D eigenvalue weighted by Gasteiger charge is -2.26. The molecule has 0 bridgehead atoms. The SMILES string of the molecule is CCCCCCCCN(CCCCCCCC)c1cccc(C2=C(NC)OC(c3ccccc3)C2=O)c1. The van der Waals surface area contributed by atoms with Crippen LogP contribution in [0, 0.1) is 0 Å². The Hall–Kier alpha value is -2.75. The van der Waals surface area contributed by atoms with Crippen LogP contribution in [0.5, 0.6) is 0 Å². The van der Waals surface area contributed by atoms with Crippen LogP contribution in [0.1, 0.15) is 108 Å².